The summed E-state index contributed by atoms with van der Waals surface area (Å²) in [6.07, 6.45) is -0.698. The SMILES string of the molecule is N#Cc1cc([C@H]2C[C@H](N=[N+]=[N-])[C@@H](CO)O2)cc(=O)[nH]1. The predicted octanol–water partition coefficient (Wildman–Crippen LogP) is 0.748. The molecule has 1 saturated heterocycles. The largest absolute Gasteiger partial charge is 0.394 e. The normalized spacial score (nSPS) is 25.6. The number of nitriles is 1. The summed E-state index contributed by atoms with van der Waals surface area (Å²) in [6, 6.07) is 4.21. The summed E-state index contributed by atoms with van der Waals surface area (Å²) in [7, 11) is 0. The molecule has 0 bridgehead atoms. The van der Waals surface area contributed by atoms with Gasteiger partial charge in [0, 0.05) is 11.0 Å². The van der Waals surface area contributed by atoms with E-state index in [0.29, 0.717) is 12.0 Å². The van der Waals surface area contributed by atoms with Gasteiger partial charge in [-0.1, -0.05) is 5.11 Å². The number of azide groups is 1. The van der Waals surface area contributed by atoms with E-state index in [-0.39, 0.29) is 12.3 Å². The Kier molecular flexibility index (Phi) is 3.82. The highest BCUT2D eigenvalue weighted by molar-refractivity contribution is 5.27. The Balaban J connectivity index is 2.29. The van der Waals surface area contributed by atoms with Crippen LogP contribution in [0.5, 0.6) is 0 Å². The second-order valence-electron chi connectivity index (χ2n) is 4.16. The summed E-state index contributed by atoms with van der Waals surface area (Å²) in [5, 5.41) is 21.5. The summed E-state index contributed by atoms with van der Waals surface area (Å²) in [5.41, 5.74) is 8.72. The fraction of sp³-hybridized carbons (Fsp3) is 0.455. The van der Waals surface area contributed by atoms with Gasteiger partial charge in [-0.3, -0.25) is 4.79 Å². The van der Waals surface area contributed by atoms with Crippen LogP contribution in [0.1, 0.15) is 23.8 Å². The molecule has 0 radical (unpaired) electrons. The maximum absolute atomic E-state index is 11.4. The van der Waals surface area contributed by atoms with Crippen molar-refractivity contribution in [2.75, 3.05) is 6.61 Å². The molecule has 2 heterocycles. The van der Waals surface area contributed by atoms with Crippen LogP contribution in [0.2, 0.25) is 0 Å². The second kappa shape index (κ2) is 5.54. The lowest BCUT2D eigenvalue weighted by atomic mass is 10.0. The van der Waals surface area contributed by atoms with Crippen LogP contribution in [0.15, 0.2) is 22.0 Å². The molecule has 8 heteroatoms. The third-order valence-corrected chi connectivity index (χ3v) is 2.96. The number of aromatic nitrogens is 1. The maximum atomic E-state index is 11.4. The van der Waals surface area contributed by atoms with Crippen LogP contribution in [0.4, 0.5) is 0 Å². The van der Waals surface area contributed by atoms with Gasteiger partial charge in [0.1, 0.15) is 11.8 Å². The molecule has 19 heavy (non-hydrogen) atoms. The molecule has 1 aliphatic heterocycles. The molecule has 3 atom stereocenters. The number of aliphatic hydroxyl groups excluding tert-OH is 1. The van der Waals surface area contributed by atoms with Crippen molar-refractivity contribution in [3.63, 3.8) is 0 Å². The van der Waals surface area contributed by atoms with Gasteiger partial charge in [0.05, 0.1) is 24.9 Å². The number of hydrogen-bond acceptors (Lipinski definition) is 5. The van der Waals surface area contributed by atoms with E-state index in [1.54, 1.807) is 0 Å². The zero-order valence-corrected chi connectivity index (χ0v) is 9.85. The van der Waals surface area contributed by atoms with Crippen molar-refractivity contribution < 1.29 is 9.84 Å². The van der Waals surface area contributed by atoms with E-state index < -0.39 is 23.8 Å². The average molecular weight is 261 g/mol. The number of nitrogens with one attached hydrogen (secondary N) is 1. The number of hydrogen-bond donors (Lipinski definition) is 2. The topological polar surface area (TPSA) is 135 Å². The van der Waals surface area contributed by atoms with Gasteiger partial charge in [-0.05, 0) is 23.6 Å². The van der Waals surface area contributed by atoms with E-state index in [1.807, 2.05) is 6.07 Å². The van der Waals surface area contributed by atoms with Crippen molar-refractivity contribution >= 4 is 0 Å². The maximum Gasteiger partial charge on any atom is 0.249 e. The van der Waals surface area contributed by atoms with E-state index >= 15 is 0 Å². The number of aliphatic hydroxyl groups is 1. The molecule has 0 amide bonds. The van der Waals surface area contributed by atoms with Crippen molar-refractivity contribution in [1.29, 1.82) is 5.26 Å². The summed E-state index contributed by atoms with van der Waals surface area (Å²) in [5.74, 6) is 0. The molecule has 0 saturated carbocycles. The van der Waals surface area contributed by atoms with Gasteiger partial charge in [0.25, 0.3) is 0 Å². The van der Waals surface area contributed by atoms with Gasteiger partial charge >= 0.3 is 0 Å². The number of aromatic amines is 1. The van der Waals surface area contributed by atoms with Crippen LogP contribution in [0.25, 0.3) is 10.4 Å². The molecule has 1 aliphatic rings. The average Bonchev–Trinajstić information content (AvgIpc) is 2.81. The van der Waals surface area contributed by atoms with Crippen LogP contribution in [-0.2, 0) is 4.74 Å². The van der Waals surface area contributed by atoms with Gasteiger partial charge in [0.2, 0.25) is 5.56 Å². The minimum Gasteiger partial charge on any atom is -0.394 e. The summed E-state index contributed by atoms with van der Waals surface area (Å²) in [4.78, 5) is 16.5. The van der Waals surface area contributed by atoms with Gasteiger partial charge < -0.3 is 14.8 Å². The Morgan fingerprint density at radius 3 is 3.11 bits per heavy atom. The van der Waals surface area contributed by atoms with Crippen LogP contribution in [0, 0.1) is 11.3 Å². The standard InChI is InChI=1S/C11H11N5O3/c12-4-7-1-6(2-11(18)14-7)9-3-8(15-16-13)10(5-17)19-9/h1-2,8-10,17H,3,5H2,(H,14,18)/t8-,9+,10+/m0/s1. The summed E-state index contributed by atoms with van der Waals surface area (Å²) >= 11 is 0. The molecule has 98 valence electrons. The first kappa shape index (κ1) is 13.1. The fourth-order valence-electron chi connectivity index (χ4n) is 2.11. The number of nitrogens with zero attached hydrogens (tertiary/aromatic N) is 4. The van der Waals surface area contributed by atoms with Gasteiger partial charge in [-0.25, -0.2) is 0 Å². The Bertz CT molecular complexity index is 613. The number of H-pyrrole nitrogens is 1. The first-order valence-corrected chi connectivity index (χ1v) is 5.63. The molecule has 2 rings (SSSR count). The number of ether oxygens (including phenoxy) is 1. The Morgan fingerprint density at radius 1 is 1.68 bits per heavy atom. The molecule has 0 spiro atoms. The first-order valence-electron chi connectivity index (χ1n) is 5.63. The van der Waals surface area contributed by atoms with Crippen LogP contribution < -0.4 is 5.56 Å². The van der Waals surface area contributed by atoms with Crippen molar-refractivity contribution in [3.05, 3.63) is 44.2 Å². The highest BCUT2D eigenvalue weighted by Gasteiger charge is 2.35. The highest BCUT2D eigenvalue weighted by atomic mass is 16.5. The number of rotatable bonds is 3. The molecular weight excluding hydrogens is 250 g/mol. The molecule has 1 fully saturated rings. The monoisotopic (exact) mass is 261 g/mol. The van der Waals surface area contributed by atoms with Crippen LogP contribution >= 0.6 is 0 Å². The first-order chi connectivity index (χ1) is 9.17. The fourth-order valence-corrected chi connectivity index (χ4v) is 2.11. The molecule has 2 N–H and O–H groups in total. The minimum atomic E-state index is -0.592. The Morgan fingerprint density at radius 2 is 2.47 bits per heavy atom. The molecular formula is C11H11N5O3. The summed E-state index contributed by atoms with van der Waals surface area (Å²) in [6.45, 7) is -0.269. The smallest absolute Gasteiger partial charge is 0.249 e. The molecule has 0 aliphatic carbocycles. The van der Waals surface area contributed by atoms with Gasteiger partial charge in [0.15, 0.2) is 0 Å². The van der Waals surface area contributed by atoms with E-state index in [0.717, 1.165) is 0 Å². The van der Waals surface area contributed by atoms with E-state index in [9.17, 15) is 4.79 Å². The van der Waals surface area contributed by atoms with Crippen molar-refractivity contribution in [2.45, 2.75) is 24.7 Å². The van der Waals surface area contributed by atoms with E-state index in [2.05, 4.69) is 15.0 Å². The third-order valence-electron chi connectivity index (χ3n) is 2.96. The van der Waals surface area contributed by atoms with Crippen LogP contribution in [-0.4, -0.2) is 28.8 Å². The van der Waals surface area contributed by atoms with Gasteiger partial charge in [-0.2, -0.15) is 5.26 Å². The molecule has 1 aromatic rings. The molecule has 1 aromatic heterocycles. The lowest BCUT2D eigenvalue weighted by Crippen LogP contribution is -2.22. The quantitative estimate of drug-likeness (QED) is 0.471. The van der Waals surface area contributed by atoms with Crippen molar-refractivity contribution in [3.8, 4) is 6.07 Å². The zero-order valence-electron chi connectivity index (χ0n) is 9.85. The van der Waals surface area contributed by atoms with E-state index in [1.165, 1.54) is 12.1 Å². The lowest BCUT2D eigenvalue weighted by Gasteiger charge is -2.12. The zero-order chi connectivity index (χ0) is 13.8. The minimum absolute atomic E-state index is 0.138. The summed E-state index contributed by atoms with van der Waals surface area (Å²) < 4.78 is 5.54. The highest BCUT2D eigenvalue weighted by Crippen LogP contribution is 2.34. The third kappa shape index (κ3) is 2.74. The van der Waals surface area contributed by atoms with E-state index in [4.69, 9.17) is 20.6 Å². The van der Waals surface area contributed by atoms with Gasteiger partial charge in [-0.15, -0.1) is 0 Å². The predicted molar refractivity (Wildman–Crippen MR) is 64.0 cm³/mol. The van der Waals surface area contributed by atoms with Crippen LogP contribution in [0.3, 0.4) is 0 Å². The van der Waals surface area contributed by atoms with Crippen molar-refractivity contribution in [1.82, 2.24) is 4.98 Å². The lowest BCUT2D eigenvalue weighted by molar-refractivity contribution is 0.00712. The molecule has 0 aromatic carbocycles. The number of pyridine rings is 1. The second-order valence-corrected chi connectivity index (χ2v) is 4.16. The molecule has 0 unspecified atom stereocenters. The Labute approximate surface area is 107 Å². The van der Waals surface area contributed by atoms with Crippen molar-refractivity contribution in [2.24, 2.45) is 5.11 Å². The molecule has 8 nitrogen and oxygen atoms in total. The Hall–Kier alpha value is -2.33.